The monoisotopic (exact) mass is 296 g/mol. The van der Waals surface area contributed by atoms with Gasteiger partial charge in [-0.1, -0.05) is 13.3 Å². The van der Waals surface area contributed by atoms with Crippen molar-refractivity contribution < 1.29 is 9.59 Å². The molecule has 1 aromatic rings. The van der Waals surface area contributed by atoms with E-state index in [1.165, 1.54) is 7.05 Å². The van der Waals surface area contributed by atoms with E-state index in [0.717, 1.165) is 30.6 Å². The Bertz CT molecular complexity index is 541. The molecule has 110 valence electrons. The van der Waals surface area contributed by atoms with Crippen molar-refractivity contribution in [1.29, 1.82) is 0 Å². The van der Waals surface area contributed by atoms with Crippen molar-refractivity contribution in [3.8, 4) is 0 Å². The second-order valence-corrected chi connectivity index (χ2v) is 6.05. The van der Waals surface area contributed by atoms with Gasteiger partial charge < -0.3 is 22.1 Å². The second kappa shape index (κ2) is 5.70. The lowest BCUT2D eigenvalue weighted by Crippen LogP contribution is -2.21. The van der Waals surface area contributed by atoms with Crippen LogP contribution in [-0.2, 0) is 0 Å². The molecule has 0 saturated heterocycles. The lowest BCUT2D eigenvalue weighted by molar-refractivity contribution is 0.0965. The van der Waals surface area contributed by atoms with Gasteiger partial charge in [0.05, 0.1) is 11.3 Å². The highest BCUT2D eigenvalue weighted by Crippen LogP contribution is 2.42. The Hall–Kier alpha value is -1.76. The summed E-state index contributed by atoms with van der Waals surface area (Å²) in [6.07, 6.45) is 3.39. The van der Waals surface area contributed by atoms with E-state index in [4.69, 9.17) is 11.5 Å². The number of thiophene rings is 1. The number of primary amides is 1. The van der Waals surface area contributed by atoms with Gasteiger partial charge in [0.1, 0.15) is 9.88 Å². The van der Waals surface area contributed by atoms with Gasteiger partial charge in [0.15, 0.2) is 0 Å². The molecule has 7 heteroatoms. The van der Waals surface area contributed by atoms with E-state index in [1.807, 2.05) is 0 Å². The number of carbonyl (C=O) groups excluding carboxylic acids is 2. The van der Waals surface area contributed by atoms with Gasteiger partial charge in [-0.15, -0.1) is 11.3 Å². The first-order chi connectivity index (χ1) is 9.49. The Labute approximate surface area is 121 Å². The van der Waals surface area contributed by atoms with Gasteiger partial charge in [0, 0.05) is 13.1 Å². The van der Waals surface area contributed by atoms with Crippen molar-refractivity contribution in [2.45, 2.75) is 32.2 Å². The highest BCUT2D eigenvalue weighted by molar-refractivity contribution is 7.19. The minimum atomic E-state index is -0.605. The van der Waals surface area contributed by atoms with E-state index in [2.05, 4.69) is 17.6 Å². The summed E-state index contributed by atoms with van der Waals surface area (Å²) in [6.45, 7) is 2.15. The molecule has 2 atom stereocenters. The SMILES string of the molecule is CCCC1CC1Nc1sc(C(N)=O)c(N)c1C(=O)NC. The van der Waals surface area contributed by atoms with E-state index < -0.39 is 5.91 Å². The minimum Gasteiger partial charge on any atom is -0.397 e. The maximum atomic E-state index is 11.9. The zero-order valence-corrected chi connectivity index (χ0v) is 12.5. The second-order valence-electron chi connectivity index (χ2n) is 5.03. The Kier molecular flexibility index (Phi) is 4.17. The summed E-state index contributed by atoms with van der Waals surface area (Å²) in [7, 11) is 1.53. The molecule has 1 saturated carbocycles. The van der Waals surface area contributed by atoms with Crippen molar-refractivity contribution in [1.82, 2.24) is 5.32 Å². The predicted octanol–water partition coefficient (Wildman–Crippen LogP) is 1.39. The summed E-state index contributed by atoms with van der Waals surface area (Å²) < 4.78 is 0. The number of hydrogen-bond acceptors (Lipinski definition) is 5. The van der Waals surface area contributed by atoms with Gasteiger partial charge >= 0.3 is 0 Å². The van der Waals surface area contributed by atoms with Crippen LogP contribution >= 0.6 is 11.3 Å². The molecule has 1 aromatic heterocycles. The van der Waals surface area contributed by atoms with Crippen molar-refractivity contribution in [2.75, 3.05) is 18.1 Å². The molecule has 1 fully saturated rings. The highest BCUT2D eigenvalue weighted by Gasteiger charge is 2.37. The largest absolute Gasteiger partial charge is 0.397 e. The van der Waals surface area contributed by atoms with Gasteiger partial charge in [-0.25, -0.2) is 0 Å². The number of amides is 2. The van der Waals surface area contributed by atoms with Crippen LogP contribution in [0.15, 0.2) is 0 Å². The molecule has 20 heavy (non-hydrogen) atoms. The van der Waals surface area contributed by atoms with Crippen LogP contribution in [0.2, 0.25) is 0 Å². The fraction of sp³-hybridized carbons (Fsp3) is 0.538. The van der Waals surface area contributed by atoms with E-state index in [0.29, 0.717) is 22.5 Å². The zero-order chi connectivity index (χ0) is 14.9. The summed E-state index contributed by atoms with van der Waals surface area (Å²) in [6, 6.07) is 0.358. The van der Waals surface area contributed by atoms with Gasteiger partial charge in [0.2, 0.25) is 0 Å². The number of anilines is 2. The number of carbonyl (C=O) groups is 2. The predicted molar refractivity (Wildman–Crippen MR) is 81.1 cm³/mol. The third kappa shape index (κ3) is 2.72. The molecule has 0 aliphatic heterocycles. The molecule has 0 bridgehead atoms. The third-order valence-corrected chi connectivity index (χ3v) is 4.67. The number of rotatable bonds is 6. The maximum Gasteiger partial charge on any atom is 0.260 e. The van der Waals surface area contributed by atoms with Gasteiger partial charge in [-0.3, -0.25) is 9.59 Å². The molecule has 1 aliphatic carbocycles. The summed E-state index contributed by atoms with van der Waals surface area (Å²) in [4.78, 5) is 23.5. The average Bonchev–Trinajstić information content (AvgIpc) is 3.03. The first-order valence-electron chi connectivity index (χ1n) is 6.70. The first-order valence-corrected chi connectivity index (χ1v) is 7.51. The molecule has 6 nitrogen and oxygen atoms in total. The van der Waals surface area contributed by atoms with Crippen LogP contribution < -0.4 is 22.1 Å². The fourth-order valence-corrected chi connectivity index (χ4v) is 3.39. The third-order valence-electron chi connectivity index (χ3n) is 3.52. The van der Waals surface area contributed by atoms with Crippen LogP contribution in [-0.4, -0.2) is 24.9 Å². The molecule has 0 radical (unpaired) electrons. The van der Waals surface area contributed by atoms with Crippen molar-refractivity contribution in [3.05, 3.63) is 10.4 Å². The van der Waals surface area contributed by atoms with E-state index in [-0.39, 0.29) is 16.5 Å². The normalized spacial score (nSPS) is 20.5. The lowest BCUT2D eigenvalue weighted by atomic mass is 10.2. The Morgan fingerprint density at radius 3 is 2.70 bits per heavy atom. The highest BCUT2D eigenvalue weighted by atomic mass is 32.1. The smallest absolute Gasteiger partial charge is 0.260 e. The van der Waals surface area contributed by atoms with Gasteiger partial charge in [0.25, 0.3) is 11.8 Å². The molecule has 2 unspecified atom stereocenters. The lowest BCUT2D eigenvalue weighted by Gasteiger charge is -2.06. The van der Waals surface area contributed by atoms with Crippen molar-refractivity contribution >= 4 is 33.8 Å². The summed E-state index contributed by atoms with van der Waals surface area (Å²) in [5.74, 6) is -0.272. The number of nitrogens with two attached hydrogens (primary N) is 2. The molecular formula is C13H20N4O2S. The van der Waals surface area contributed by atoms with Crippen LogP contribution in [0, 0.1) is 5.92 Å². The molecule has 0 aromatic carbocycles. The number of nitrogen functional groups attached to an aromatic ring is 1. The average molecular weight is 296 g/mol. The van der Waals surface area contributed by atoms with Crippen molar-refractivity contribution in [2.24, 2.45) is 11.7 Å². The topological polar surface area (TPSA) is 110 Å². The molecule has 1 heterocycles. The zero-order valence-electron chi connectivity index (χ0n) is 11.7. The molecule has 2 rings (SSSR count). The van der Waals surface area contributed by atoms with E-state index in [1.54, 1.807) is 0 Å². The quantitative estimate of drug-likeness (QED) is 0.635. The molecule has 6 N–H and O–H groups in total. The van der Waals surface area contributed by atoms with Gasteiger partial charge in [-0.2, -0.15) is 0 Å². The van der Waals surface area contributed by atoms with Gasteiger partial charge in [-0.05, 0) is 18.8 Å². The number of nitrogens with one attached hydrogen (secondary N) is 2. The molecular weight excluding hydrogens is 276 g/mol. The van der Waals surface area contributed by atoms with Crippen LogP contribution in [0.5, 0.6) is 0 Å². The summed E-state index contributed by atoms with van der Waals surface area (Å²) >= 11 is 1.15. The number of hydrogen-bond donors (Lipinski definition) is 4. The Balaban J connectivity index is 2.25. The first kappa shape index (κ1) is 14.6. The van der Waals surface area contributed by atoms with Crippen LogP contribution in [0.25, 0.3) is 0 Å². The Morgan fingerprint density at radius 1 is 1.45 bits per heavy atom. The standard InChI is InChI=1S/C13H20N4O2S/c1-3-4-6-5-7(6)17-13-8(12(19)16-2)9(14)10(20-13)11(15)18/h6-7,17H,3-5,14H2,1-2H3,(H2,15,18)(H,16,19). The van der Waals surface area contributed by atoms with Crippen LogP contribution in [0.1, 0.15) is 46.2 Å². The molecule has 0 spiro atoms. The van der Waals surface area contributed by atoms with Crippen LogP contribution in [0.4, 0.5) is 10.7 Å². The Morgan fingerprint density at radius 2 is 2.15 bits per heavy atom. The summed E-state index contributed by atoms with van der Waals surface area (Å²) in [5.41, 5.74) is 11.7. The van der Waals surface area contributed by atoms with E-state index >= 15 is 0 Å². The van der Waals surface area contributed by atoms with E-state index in [9.17, 15) is 9.59 Å². The fourth-order valence-electron chi connectivity index (χ4n) is 2.36. The minimum absolute atomic E-state index is 0.164. The van der Waals surface area contributed by atoms with Crippen LogP contribution in [0.3, 0.4) is 0 Å². The summed E-state index contributed by atoms with van der Waals surface area (Å²) in [5, 5.41) is 6.50. The molecule has 1 aliphatic rings. The maximum absolute atomic E-state index is 11.9. The van der Waals surface area contributed by atoms with Crippen molar-refractivity contribution in [3.63, 3.8) is 0 Å². The molecule has 2 amide bonds.